The van der Waals surface area contributed by atoms with E-state index in [1.54, 1.807) is 17.6 Å². The predicted octanol–water partition coefficient (Wildman–Crippen LogP) is 5.49. The van der Waals surface area contributed by atoms with E-state index in [0.29, 0.717) is 51.2 Å². The topological polar surface area (TPSA) is 80.3 Å². The summed E-state index contributed by atoms with van der Waals surface area (Å²) in [5, 5.41) is 9.86. The van der Waals surface area contributed by atoms with E-state index < -0.39 is 0 Å². The molecule has 6 nitrogen and oxygen atoms in total. The summed E-state index contributed by atoms with van der Waals surface area (Å²) in [7, 11) is 0. The molecule has 2 aromatic heterocycles. The lowest BCUT2D eigenvalue weighted by molar-refractivity contribution is 0.340. The van der Waals surface area contributed by atoms with E-state index in [4.69, 9.17) is 33.9 Å². The summed E-state index contributed by atoms with van der Waals surface area (Å²) in [5.74, 6) is 2.19. The Hall–Kier alpha value is -2.32. The van der Waals surface area contributed by atoms with Gasteiger partial charge in [-0.2, -0.15) is 0 Å². The zero-order chi connectivity index (χ0) is 23.4. The van der Waals surface area contributed by atoms with E-state index in [9.17, 15) is 0 Å². The van der Waals surface area contributed by atoms with Crippen LogP contribution in [0.3, 0.4) is 0 Å². The van der Waals surface area contributed by atoms with Crippen molar-refractivity contribution in [2.75, 3.05) is 18.8 Å². The van der Waals surface area contributed by atoms with Crippen molar-refractivity contribution in [3.8, 4) is 11.4 Å². The van der Waals surface area contributed by atoms with Gasteiger partial charge in [0, 0.05) is 11.4 Å². The first kappa shape index (κ1) is 23.8. The molecule has 1 aliphatic rings. The molecular formula is C24H28Cl2N6S. The molecule has 0 radical (unpaired) electrons. The monoisotopic (exact) mass is 502 g/mol. The highest BCUT2D eigenvalue weighted by Crippen LogP contribution is 2.36. The average molecular weight is 504 g/mol. The van der Waals surface area contributed by atoms with E-state index in [0.717, 1.165) is 32.5 Å². The first-order valence-electron chi connectivity index (χ1n) is 10.9. The van der Waals surface area contributed by atoms with Crippen LogP contribution in [0.2, 0.25) is 10.0 Å². The molecule has 0 spiro atoms. The van der Waals surface area contributed by atoms with E-state index in [1.807, 2.05) is 22.8 Å². The Labute approximate surface area is 208 Å². The predicted molar refractivity (Wildman–Crippen MR) is 140 cm³/mol. The third-order valence-electron chi connectivity index (χ3n) is 5.83. The second-order valence-electron chi connectivity index (χ2n) is 8.21. The molecule has 0 amide bonds. The van der Waals surface area contributed by atoms with E-state index in [-0.39, 0.29) is 0 Å². The number of piperidine rings is 1. The highest BCUT2D eigenvalue weighted by atomic mass is 35.5. The number of aromatic nitrogens is 2. The van der Waals surface area contributed by atoms with Crippen molar-refractivity contribution in [1.29, 1.82) is 0 Å². The van der Waals surface area contributed by atoms with Crippen molar-refractivity contribution >= 4 is 46.6 Å². The maximum atomic E-state index is 6.57. The van der Waals surface area contributed by atoms with Crippen LogP contribution in [0.4, 0.5) is 5.82 Å². The highest BCUT2D eigenvalue weighted by molar-refractivity contribution is 7.10. The zero-order valence-corrected chi connectivity index (χ0v) is 20.9. The fourth-order valence-corrected chi connectivity index (χ4v) is 5.37. The molecule has 4 rings (SSSR count). The summed E-state index contributed by atoms with van der Waals surface area (Å²) >= 11 is 14.8. The molecule has 0 bridgehead atoms. The number of nitrogens with two attached hydrogens (primary N) is 1. The van der Waals surface area contributed by atoms with Gasteiger partial charge in [0.2, 0.25) is 0 Å². The summed E-state index contributed by atoms with van der Waals surface area (Å²) in [5.41, 5.74) is 9.08. The van der Waals surface area contributed by atoms with Crippen molar-refractivity contribution in [2.45, 2.75) is 32.9 Å². The molecule has 174 valence electrons. The van der Waals surface area contributed by atoms with Crippen molar-refractivity contribution in [1.82, 2.24) is 20.2 Å². The molecule has 9 heteroatoms. The fraction of sp³-hybridized carbons (Fsp3) is 0.333. The Morgan fingerprint density at radius 2 is 2.18 bits per heavy atom. The number of benzene rings is 1. The zero-order valence-electron chi connectivity index (χ0n) is 18.6. The first-order chi connectivity index (χ1) is 15.9. The van der Waals surface area contributed by atoms with Crippen LogP contribution in [-0.2, 0) is 13.1 Å². The van der Waals surface area contributed by atoms with Gasteiger partial charge >= 0.3 is 0 Å². The van der Waals surface area contributed by atoms with Crippen molar-refractivity contribution in [3.63, 3.8) is 0 Å². The van der Waals surface area contributed by atoms with Crippen molar-refractivity contribution in [3.05, 3.63) is 68.2 Å². The summed E-state index contributed by atoms with van der Waals surface area (Å²) in [6.07, 6.45) is 3.92. The second-order valence-corrected chi connectivity index (χ2v) is 10.0. The Morgan fingerprint density at radius 3 is 2.85 bits per heavy atom. The van der Waals surface area contributed by atoms with Gasteiger partial charge in [0.25, 0.3) is 0 Å². The normalized spacial score (nSPS) is 16.4. The summed E-state index contributed by atoms with van der Waals surface area (Å²) in [4.78, 5) is 10.5. The molecule has 3 heterocycles. The molecule has 0 aliphatic carbocycles. The lowest BCUT2D eigenvalue weighted by atomic mass is 9.99. The third kappa shape index (κ3) is 5.61. The van der Waals surface area contributed by atoms with Crippen LogP contribution < -0.4 is 16.4 Å². The highest BCUT2D eigenvalue weighted by Gasteiger charge is 2.23. The number of hydrogen-bond donors (Lipinski definition) is 3. The Balaban J connectivity index is 1.60. The molecule has 1 aromatic carbocycles. The minimum atomic E-state index is 0.450. The van der Waals surface area contributed by atoms with Gasteiger partial charge in [0.15, 0.2) is 0 Å². The van der Waals surface area contributed by atoms with Crippen LogP contribution in [0, 0.1) is 12.8 Å². The summed E-state index contributed by atoms with van der Waals surface area (Å²) in [6, 6.07) is 7.55. The number of hydrogen-bond acceptors (Lipinski definition) is 6. The molecule has 0 unspecified atom stereocenters. The van der Waals surface area contributed by atoms with Crippen molar-refractivity contribution in [2.24, 2.45) is 10.9 Å². The quantitative estimate of drug-likeness (QED) is 0.355. The Morgan fingerprint density at radius 1 is 1.39 bits per heavy atom. The van der Waals surface area contributed by atoms with E-state index in [1.165, 1.54) is 10.4 Å². The number of nitrogen functional groups attached to an aromatic ring is 1. The number of anilines is 1. The van der Waals surface area contributed by atoms with Crippen LogP contribution in [-0.4, -0.2) is 28.9 Å². The van der Waals surface area contributed by atoms with Gasteiger partial charge in [0.1, 0.15) is 23.2 Å². The number of rotatable bonds is 8. The van der Waals surface area contributed by atoms with Gasteiger partial charge in [-0.05, 0) is 67.9 Å². The minimum absolute atomic E-state index is 0.450. The standard InChI is InChI=1S/C24H28Cl2N6S/c1-15-8-10-33-21(15)13-30-16(2)29-12-20-23(27)32(14-17-5-4-9-28-11-17)24(31-20)22-18(25)6-3-7-19(22)26/h3,6-8,10,12,17,28,30H,2,4-5,9,11,13-14,27H2,1H3/t17-/m1/s1. The van der Waals surface area contributed by atoms with Gasteiger partial charge in [-0.25, -0.2) is 9.98 Å². The van der Waals surface area contributed by atoms with Crippen LogP contribution in [0.15, 0.2) is 47.0 Å². The van der Waals surface area contributed by atoms with Gasteiger partial charge < -0.3 is 20.9 Å². The number of aliphatic imine (C=N–C) groups is 1. The molecule has 1 fully saturated rings. The minimum Gasteiger partial charge on any atom is -0.383 e. The van der Waals surface area contributed by atoms with Crippen LogP contribution in [0.5, 0.6) is 0 Å². The summed E-state index contributed by atoms with van der Waals surface area (Å²) in [6.45, 7) is 9.51. The number of halogens is 2. The number of aryl methyl sites for hydroxylation is 1. The van der Waals surface area contributed by atoms with Gasteiger partial charge in [-0.3, -0.25) is 0 Å². The van der Waals surface area contributed by atoms with Crippen molar-refractivity contribution < 1.29 is 0 Å². The second kappa shape index (κ2) is 10.7. The van der Waals surface area contributed by atoms with Crippen LogP contribution >= 0.6 is 34.5 Å². The Kier molecular flexibility index (Phi) is 7.75. The molecule has 33 heavy (non-hydrogen) atoms. The molecule has 3 aromatic rings. The molecule has 4 N–H and O–H groups in total. The fourth-order valence-electron chi connectivity index (χ4n) is 3.96. The maximum absolute atomic E-state index is 6.57. The lowest BCUT2D eigenvalue weighted by Crippen LogP contribution is -2.32. The van der Waals surface area contributed by atoms with Gasteiger partial charge in [0.05, 0.1) is 28.4 Å². The number of thiophene rings is 1. The van der Waals surface area contributed by atoms with Crippen LogP contribution in [0.25, 0.3) is 11.4 Å². The molecule has 1 saturated heterocycles. The van der Waals surface area contributed by atoms with Gasteiger partial charge in [-0.1, -0.05) is 35.8 Å². The molecule has 0 saturated carbocycles. The smallest absolute Gasteiger partial charge is 0.145 e. The maximum Gasteiger partial charge on any atom is 0.145 e. The van der Waals surface area contributed by atoms with E-state index in [2.05, 4.69) is 40.6 Å². The SMILES string of the molecule is C=C(N=Cc1nc(-c2c(Cl)cccc2Cl)n(C[C@@H]2CCCNC2)c1N)NCc1sccc1C. The number of nitrogens with zero attached hydrogens (tertiary/aromatic N) is 3. The largest absolute Gasteiger partial charge is 0.383 e. The first-order valence-corrected chi connectivity index (χ1v) is 12.6. The average Bonchev–Trinajstić information content (AvgIpc) is 3.35. The lowest BCUT2D eigenvalue weighted by Gasteiger charge is -2.24. The molecular weight excluding hydrogens is 475 g/mol. The Bertz CT molecular complexity index is 1140. The third-order valence-corrected chi connectivity index (χ3v) is 7.48. The number of imidazole rings is 1. The van der Waals surface area contributed by atoms with Crippen LogP contribution in [0.1, 0.15) is 29.0 Å². The van der Waals surface area contributed by atoms with E-state index >= 15 is 0 Å². The van der Waals surface area contributed by atoms with Gasteiger partial charge in [-0.15, -0.1) is 11.3 Å². The molecule has 1 aliphatic heterocycles. The molecule has 1 atom stereocenters. The number of nitrogens with one attached hydrogen (secondary N) is 2. The summed E-state index contributed by atoms with van der Waals surface area (Å²) < 4.78 is 2.01.